The maximum atomic E-state index is 10.8. The number of carboxylic acid groups (broad SMARTS) is 1. The molecule has 0 atom stereocenters. The third kappa shape index (κ3) is 12.6. The van der Waals surface area contributed by atoms with Crippen LogP contribution < -0.4 is 0 Å². The zero-order valence-electron chi connectivity index (χ0n) is 10.9. The zero-order chi connectivity index (χ0) is 13.6. The van der Waals surface area contributed by atoms with Gasteiger partial charge in [0.1, 0.15) is 0 Å². The van der Waals surface area contributed by atoms with E-state index in [2.05, 4.69) is 21.9 Å². The highest BCUT2D eigenvalue weighted by atomic mass is 16.5. The topological polar surface area (TPSA) is 88.3 Å². The number of hydrogen-bond acceptors (Lipinski definition) is 3. The molecule has 0 saturated carbocycles. The van der Waals surface area contributed by atoms with Gasteiger partial charge in [0.15, 0.2) is 0 Å². The number of rotatable bonds is 9. The molecule has 0 aromatic rings. The molecule has 104 valence electrons. The van der Waals surface area contributed by atoms with Crippen LogP contribution in [0, 0.1) is 0 Å². The van der Waals surface area contributed by atoms with Crippen molar-refractivity contribution >= 4 is 12.2 Å². The molecule has 0 fully saturated rings. The van der Waals surface area contributed by atoms with Gasteiger partial charge in [-0.1, -0.05) is 62.1 Å². The summed E-state index contributed by atoms with van der Waals surface area (Å²) in [6, 6.07) is 0. The number of ether oxygens (including phenoxy) is 1. The minimum atomic E-state index is -1.50. The van der Waals surface area contributed by atoms with Crippen LogP contribution in [0.2, 0.25) is 0 Å². The van der Waals surface area contributed by atoms with Gasteiger partial charge >= 0.3 is 12.2 Å². The van der Waals surface area contributed by atoms with Crippen LogP contribution >= 0.6 is 0 Å². The van der Waals surface area contributed by atoms with Crippen LogP contribution in [0.5, 0.6) is 0 Å². The summed E-state index contributed by atoms with van der Waals surface area (Å²) in [7, 11) is 0. The molecule has 6 heteroatoms. The molecule has 0 heterocycles. The van der Waals surface area contributed by atoms with Crippen LogP contribution in [0.15, 0.2) is 10.2 Å². The molecule has 0 aliphatic carbocycles. The van der Waals surface area contributed by atoms with Gasteiger partial charge in [-0.05, 0) is 6.42 Å². The highest BCUT2D eigenvalue weighted by molar-refractivity contribution is 5.71. The second-order valence-electron chi connectivity index (χ2n) is 4.07. The molecule has 0 rings (SSSR count). The first-order chi connectivity index (χ1) is 8.66. The molecule has 18 heavy (non-hydrogen) atoms. The van der Waals surface area contributed by atoms with Crippen LogP contribution in [0.3, 0.4) is 0 Å². The Labute approximate surface area is 107 Å². The van der Waals surface area contributed by atoms with E-state index in [1.165, 1.54) is 32.1 Å². The summed E-state index contributed by atoms with van der Waals surface area (Å²) in [6.07, 6.45) is 6.80. The largest absolute Gasteiger partial charge is 0.462 e. The molecule has 0 saturated heterocycles. The summed E-state index contributed by atoms with van der Waals surface area (Å²) in [6.45, 7) is 2.46. The maximum Gasteiger partial charge on any atom is 0.452 e. The van der Waals surface area contributed by atoms with E-state index in [4.69, 9.17) is 5.11 Å². The van der Waals surface area contributed by atoms with Gasteiger partial charge < -0.3 is 9.84 Å². The number of amides is 2. The maximum absolute atomic E-state index is 10.8. The van der Waals surface area contributed by atoms with Gasteiger partial charge in [0.05, 0.1) is 6.61 Å². The lowest BCUT2D eigenvalue weighted by Gasteiger charge is -2.01. The van der Waals surface area contributed by atoms with Crippen molar-refractivity contribution in [2.45, 2.75) is 58.3 Å². The number of unbranched alkanes of at least 4 members (excludes halogenated alkanes) is 7. The van der Waals surface area contributed by atoms with Crippen LogP contribution in [-0.2, 0) is 4.74 Å². The molecule has 0 aliphatic rings. The highest BCUT2D eigenvalue weighted by Crippen LogP contribution is 2.08. The third-order valence-electron chi connectivity index (χ3n) is 2.44. The van der Waals surface area contributed by atoms with E-state index in [-0.39, 0.29) is 6.61 Å². The van der Waals surface area contributed by atoms with Gasteiger partial charge in [0, 0.05) is 0 Å². The first-order valence-corrected chi connectivity index (χ1v) is 6.48. The van der Waals surface area contributed by atoms with E-state index < -0.39 is 12.2 Å². The molecule has 0 radical (unpaired) electrons. The lowest BCUT2D eigenvalue weighted by Crippen LogP contribution is -2.01. The molecule has 0 bridgehead atoms. The van der Waals surface area contributed by atoms with Gasteiger partial charge in [0.25, 0.3) is 0 Å². The van der Waals surface area contributed by atoms with E-state index in [1.54, 1.807) is 0 Å². The van der Waals surface area contributed by atoms with Gasteiger partial charge in [-0.3, -0.25) is 0 Å². The summed E-state index contributed by atoms with van der Waals surface area (Å²) < 4.78 is 4.67. The van der Waals surface area contributed by atoms with Gasteiger partial charge in [0.2, 0.25) is 0 Å². The summed E-state index contributed by atoms with van der Waals surface area (Å²) in [5, 5.41) is 13.6. The summed E-state index contributed by atoms with van der Waals surface area (Å²) >= 11 is 0. The predicted octanol–water partition coefficient (Wildman–Crippen LogP) is 4.39. The fourth-order valence-electron chi connectivity index (χ4n) is 1.51. The molecule has 0 aromatic heterocycles. The first-order valence-electron chi connectivity index (χ1n) is 6.48. The molecular weight excluding hydrogens is 236 g/mol. The molecule has 0 aromatic carbocycles. The van der Waals surface area contributed by atoms with E-state index in [1.807, 2.05) is 0 Å². The van der Waals surface area contributed by atoms with Crippen LogP contribution in [0.4, 0.5) is 9.59 Å². The normalized spacial score (nSPS) is 10.7. The van der Waals surface area contributed by atoms with Crippen molar-refractivity contribution in [1.82, 2.24) is 0 Å². The van der Waals surface area contributed by atoms with Crippen LogP contribution in [-0.4, -0.2) is 23.9 Å². The number of azo groups is 1. The van der Waals surface area contributed by atoms with Crippen molar-refractivity contribution in [3.8, 4) is 0 Å². The lowest BCUT2D eigenvalue weighted by atomic mass is 10.1. The molecule has 0 aliphatic heterocycles. The van der Waals surface area contributed by atoms with E-state index in [9.17, 15) is 9.59 Å². The average Bonchev–Trinajstić information content (AvgIpc) is 2.34. The quantitative estimate of drug-likeness (QED) is 0.490. The SMILES string of the molecule is CCCCCCCCCCOC(=O)N=NC(=O)O. The van der Waals surface area contributed by atoms with Crippen molar-refractivity contribution in [1.29, 1.82) is 0 Å². The Morgan fingerprint density at radius 3 is 2.06 bits per heavy atom. The van der Waals surface area contributed by atoms with Crippen molar-refractivity contribution in [2.75, 3.05) is 6.61 Å². The second kappa shape index (κ2) is 12.0. The summed E-state index contributed by atoms with van der Waals surface area (Å²) in [5.74, 6) is 0. The Hall–Kier alpha value is -1.46. The van der Waals surface area contributed by atoms with Crippen molar-refractivity contribution in [3.63, 3.8) is 0 Å². The average molecular weight is 258 g/mol. The molecule has 6 nitrogen and oxygen atoms in total. The fourth-order valence-corrected chi connectivity index (χ4v) is 1.51. The predicted molar refractivity (Wildman–Crippen MR) is 66.8 cm³/mol. The minimum Gasteiger partial charge on any atom is -0.462 e. The Balaban J connectivity index is 3.25. The third-order valence-corrected chi connectivity index (χ3v) is 2.44. The van der Waals surface area contributed by atoms with Crippen molar-refractivity contribution in [3.05, 3.63) is 0 Å². The van der Waals surface area contributed by atoms with Crippen molar-refractivity contribution < 1.29 is 19.4 Å². The smallest absolute Gasteiger partial charge is 0.452 e. The fraction of sp³-hybridized carbons (Fsp3) is 0.833. The first kappa shape index (κ1) is 16.5. The molecular formula is C12H22N2O4. The molecule has 2 amide bonds. The van der Waals surface area contributed by atoms with Gasteiger partial charge in [-0.25, -0.2) is 9.59 Å². The van der Waals surface area contributed by atoms with Crippen molar-refractivity contribution in [2.24, 2.45) is 10.2 Å². The van der Waals surface area contributed by atoms with E-state index in [0.29, 0.717) is 0 Å². The van der Waals surface area contributed by atoms with Crippen LogP contribution in [0.1, 0.15) is 58.3 Å². The lowest BCUT2D eigenvalue weighted by molar-refractivity contribution is 0.151. The molecule has 0 unspecified atom stereocenters. The standard InChI is InChI=1S/C12H22N2O4/c1-2-3-4-5-6-7-8-9-10-18-12(17)14-13-11(15)16/h2-10H2,1H3,(H,15,16). The summed E-state index contributed by atoms with van der Waals surface area (Å²) in [4.78, 5) is 20.8. The zero-order valence-corrected chi connectivity index (χ0v) is 10.9. The summed E-state index contributed by atoms with van der Waals surface area (Å²) in [5.41, 5.74) is 0. The Kier molecular flexibility index (Phi) is 11.0. The molecule has 0 spiro atoms. The van der Waals surface area contributed by atoms with Gasteiger partial charge in [-0.2, -0.15) is 0 Å². The minimum absolute atomic E-state index is 0.270. The number of nitrogens with zero attached hydrogens (tertiary/aromatic N) is 2. The second-order valence-corrected chi connectivity index (χ2v) is 4.07. The van der Waals surface area contributed by atoms with E-state index in [0.717, 1.165) is 19.3 Å². The van der Waals surface area contributed by atoms with Crippen LogP contribution in [0.25, 0.3) is 0 Å². The Morgan fingerprint density at radius 1 is 0.944 bits per heavy atom. The number of hydrogen-bond donors (Lipinski definition) is 1. The number of carbonyl (C=O) groups excluding carboxylic acids is 1. The van der Waals surface area contributed by atoms with Gasteiger partial charge in [-0.15, -0.1) is 0 Å². The van der Waals surface area contributed by atoms with E-state index >= 15 is 0 Å². The number of carbonyl (C=O) groups is 2. The molecule has 1 N–H and O–H groups in total. The monoisotopic (exact) mass is 258 g/mol. The Morgan fingerprint density at radius 2 is 1.50 bits per heavy atom. The Bertz CT molecular complexity index is 267. The highest BCUT2D eigenvalue weighted by Gasteiger charge is 2.00.